The average molecular weight is 432 g/mol. The maximum absolute atomic E-state index is 13.2. The van der Waals surface area contributed by atoms with Crippen LogP contribution in [0.5, 0.6) is 23.0 Å². The molecule has 6 nitrogen and oxygen atoms in total. The van der Waals surface area contributed by atoms with Gasteiger partial charge in [-0.1, -0.05) is 30.3 Å². The van der Waals surface area contributed by atoms with Crippen LogP contribution in [0.3, 0.4) is 0 Å². The Morgan fingerprint density at radius 3 is 2.34 bits per heavy atom. The third-order valence-corrected chi connectivity index (χ3v) is 5.55. The Morgan fingerprint density at radius 1 is 0.906 bits per heavy atom. The predicted octanol–water partition coefficient (Wildman–Crippen LogP) is 5.38. The van der Waals surface area contributed by atoms with Gasteiger partial charge >= 0.3 is 0 Å². The van der Waals surface area contributed by atoms with Crippen LogP contribution in [0.1, 0.15) is 16.7 Å². The molecule has 0 aliphatic rings. The molecule has 1 aromatic heterocycles. The Bertz CT molecular complexity index is 1340. The number of phenolic OH excluding ortho intramolecular Hbond substituents is 1. The van der Waals surface area contributed by atoms with Gasteiger partial charge in [0.2, 0.25) is 11.2 Å². The van der Waals surface area contributed by atoms with Crippen molar-refractivity contribution in [2.75, 3.05) is 14.2 Å². The van der Waals surface area contributed by atoms with Gasteiger partial charge in [0.05, 0.1) is 19.6 Å². The topological polar surface area (TPSA) is 78.1 Å². The number of aryl methyl sites for hydroxylation is 1. The lowest BCUT2D eigenvalue weighted by Gasteiger charge is -2.15. The van der Waals surface area contributed by atoms with Crippen LogP contribution in [0.4, 0.5) is 0 Å². The van der Waals surface area contributed by atoms with Crippen molar-refractivity contribution in [3.8, 4) is 34.3 Å². The summed E-state index contributed by atoms with van der Waals surface area (Å²) in [5.41, 5.74) is 2.86. The standard InChI is InChI=1S/C26H24O6/c1-15-16(2)23-22(13-19(15)27)32-25(26(30-4)24(23)28)18-10-11-20(29-3)21(12-18)31-14-17-8-6-5-7-9-17/h5-13,27H,14H2,1-4H3. The minimum atomic E-state index is -0.299. The molecular weight excluding hydrogens is 408 g/mol. The number of fused-ring (bicyclic) bond motifs is 1. The summed E-state index contributed by atoms with van der Waals surface area (Å²) < 4.78 is 23.0. The Labute approximate surface area is 185 Å². The molecule has 6 heteroatoms. The molecular formula is C26H24O6. The lowest BCUT2D eigenvalue weighted by atomic mass is 10.0. The number of ether oxygens (including phenoxy) is 3. The van der Waals surface area contributed by atoms with E-state index in [1.165, 1.54) is 13.2 Å². The van der Waals surface area contributed by atoms with Gasteiger partial charge in [0.1, 0.15) is 17.9 Å². The Morgan fingerprint density at radius 2 is 1.66 bits per heavy atom. The largest absolute Gasteiger partial charge is 0.508 e. The van der Waals surface area contributed by atoms with Gasteiger partial charge in [-0.3, -0.25) is 4.79 Å². The lowest BCUT2D eigenvalue weighted by molar-refractivity contribution is 0.284. The van der Waals surface area contributed by atoms with Crippen molar-refractivity contribution < 1.29 is 23.7 Å². The molecule has 4 aromatic rings. The third kappa shape index (κ3) is 3.75. The van der Waals surface area contributed by atoms with Crippen molar-refractivity contribution in [3.63, 3.8) is 0 Å². The van der Waals surface area contributed by atoms with Crippen LogP contribution >= 0.6 is 0 Å². The van der Waals surface area contributed by atoms with Crippen molar-refractivity contribution >= 4 is 11.0 Å². The van der Waals surface area contributed by atoms with Crippen LogP contribution in [-0.2, 0) is 6.61 Å². The highest BCUT2D eigenvalue weighted by Crippen LogP contribution is 2.38. The van der Waals surface area contributed by atoms with Crippen LogP contribution in [0, 0.1) is 13.8 Å². The van der Waals surface area contributed by atoms with Gasteiger partial charge in [0.15, 0.2) is 17.3 Å². The van der Waals surface area contributed by atoms with E-state index in [1.807, 2.05) is 30.3 Å². The van der Waals surface area contributed by atoms with Gasteiger partial charge in [-0.15, -0.1) is 0 Å². The number of aromatic hydroxyl groups is 1. The number of phenols is 1. The first-order chi connectivity index (χ1) is 15.4. The van der Waals surface area contributed by atoms with E-state index >= 15 is 0 Å². The molecule has 1 heterocycles. The third-order valence-electron chi connectivity index (χ3n) is 5.55. The maximum Gasteiger partial charge on any atom is 0.235 e. The molecule has 164 valence electrons. The quantitative estimate of drug-likeness (QED) is 0.441. The monoisotopic (exact) mass is 432 g/mol. The smallest absolute Gasteiger partial charge is 0.235 e. The average Bonchev–Trinajstić information content (AvgIpc) is 2.81. The van der Waals surface area contributed by atoms with Gasteiger partial charge in [-0.25, -0.2) is 0 Å². The Balaban J connectivity index is 1.84. The molecule has 0 aliphatic heterocycles. The number of hydrogen-bond donors (Lipinski definition) is 1. The highest BCUT2D eigenvalue weighted by Gasteiger charge is 2.21. The summed E-state index contributed by atoms with van der Waals surface area (Å²) in [6.07, 6.45) is 0. The highest BCUT2D eigenvalue weighted by atomic mass is 16.5. The van der Waals surface area contributed by atoms with Crippen LogP contribution in [0.15, 0.2) is 63.8 Å². The normalized spacial score (nSPS) is 10.9. The maximum atomic E-state index is 13.2. The van der Waals surface area contributed by atoms with Crippen molar-refractivity contribution in [1.82, 2.24) is 0 Å². The molecule has 3 aromatic carbocycles. The summed E-state index contributed by atoms with van der Waals surface area (Å²) in [4.78, 5) is 13.2. The molecule has 0 saturated carbocycles. The molecule has 0 fully saturated rings. The first-order valence-electron chi connectivity index (χ1n) is 10.1. The van der Waals surface area contributed by atoms with E-state index in [9.17, 15) is 9.90 Å². The zero-order valence-corrected chi connectivity index (χ0v) is 18.4. The Kier molecular flexibility index (Phi) is 5.77. The SMILES string of the molecule is COc1ccc(-c2oc3cc(O)c(C)c(C)c3c(=O)c2OC)cc1OCc1ccccc1. The molecule has 4 rings (SSSR count). The van der Waals surface area contributed by atoms with Crippen molar-refractivity contribution in [3.05, 3.63) is 81.5 Å². The minimum absolute atomic E-state index is 0.0656. The second-order valence-electron chi connectivity index (χ2n) is 7.45. The van der Waals surface area contributed by atoms with Gasteiger partial charge in [-0.2, -0.15) is 0 Å². The second-order valence-corrected chi connectivity index (χ2v) is 7.45. The van der Waals surface area contributed by atoms with Gasteiger partial charge in [0, 0.05) is 11.6 Å². The van der Waals surface area contributed by atoms with E-state index in [-0.39, 0.29) is 28.3 Å². The number of hydrogen-bond acceptors (Lipinski definition) is 6. The van der Waals surface area contributed by atoms with E-state index in [1.54, 1.807) is 39.2 Å². The first-order valence-corrected chi connectivity index (χ1v) is 10.1. The van der Waals surface area contributed by atoms with Crippen molar-refractivity contribution in [2.24, 2.45) is 0 Å². The number of methoxy groups -OCH3 is 2. The molecule has 0 saturated heterocycles. The fraction of sp³-hybridized carbons (Fsp3) is 0.192. The minimum Gasteiger partial charge on any atom is -0.508 e. The van der Waals surface area contributed by atoms with Crippen LogP contribution in [0.2, 0.25) is 0 Å². The summed E-state index contributed by atoms with van der Waals surface area (Å²) in [7, 11) is 3.00. The van der Waals surface area contributed by atoms with Crippen LogP contribution in [-0.4, -0.2) is 19.3 Å². The Hall–Kier alpha value is -3.93. The molecule has 0 bridgehead atoms. The van der Waals surface area contributed by atoms with Crippen molar-refractivity contribution in [2.45, 2.75) is 20.5 Å². The zero-order valence-electron chi connectivity index (χ0n) is 18.4. The molecule has 0 radical (unpaired) electrons. The molecule has 0 spiro atoms. The van der Waals surface area contributed by atoms with Crippen molar-refractivity contribution in [1.29, 1.82) is 0 Å². The van der Waals surface area contributed by atoms with Gasteiger partial charge < -0.3 is 23.7 Å². The highest BCUT2D eigenvalue weighted by molar-refractivity contribution is 5.87. The summed E-state index contributed by atoms with van der Waals surface area (Å²) in [6, 6.07) is 16.5. The summed E-state index contributed by atoms with van der Waals surface area (Å²) in [6.45, 7) is 3.88. The summed E-state index contributed by atoms with van der Waals surface area (Å²) in [5.74, 6) is 1.46. The van der Waals surface area contributed by atoms with Gasteiger partial charge in [0.25, 0.3) is 0 Å². The van der Waals surface area contributed by atoms with E-state index in [0.717, 1.165) is 5.56 Å². The van der Waals surface area contributed by atoms with E-state index in [2.05, 4.69) is 0 Å². The zero-order chi connectivity index (χ0) is 22.8. The van der Waals surface area contributed by atoms with Gasteiger partial charge in [-0.05, 0) is 48.7 Å². The molecule has 0 aliphatic carbocycles. The number of rotatable bonds is 6. The first kappa shape index (κ1) is 21.3. The van der Waals surface area contributed by atoms with Crippen LogP contribution < -0.4 is 19.6 Å². The molecule has 0 atom stereocenters. The molecule has 0 amide bonds. The van der Waals surface area contributed by atoms with E-state index in [4.69, 9.17) is 18.6 Å². The predicted molar refractivity (Wildman–Crippen MR) is 123 cm³/mol. The number of benzene rings is 3. The summed E-state index contributed by atoms with van der Waals surface area (Å²) in [5, 5.41) is 10.6. The summed E-state index contributed by atoms with van der Waals surface area (Å²) >= 11 is 0. The molecule has 32 heavy (non-hydrogen) atoms. The molecule has 0 unspecified atom stereocenters. The molecule has 1 N–H and O–H groups in total. The second kappa shape index (κ2) is 8.67. The fourth-order valence-corrected chi connectivity index (χ4v) is 3.65. The van der Waals surface area contributed by atoms with Crippen LogP contribution in [0.25, 0.3) is 22.3 Å². The van der Waals surface area contributed by atoms with E-state index < -0.39 is 0 Å². The fourth-order valence-electron chi connectivity index (χ4n) is 3.65. The van der Waals surface area contributed by atoms with E-state index in [0.29, 0.717) is 40.2 Å². The lowest BCUT2D eigenvalue weighted by Crippen LogP contribution is -2.09.